The van der Waals surface area contributed by atoms with E-state index in [1.165, 1.54) is 11.3 Å². The molecule has 0 fully saturated rings. The van der Waals surface area contributed by atoms with Crippen molar-refractivity contribution < 1.29 is 4.74 Å². The van der Waals surface area contributed by atoms with E-state index in [9.17, 15) is 0 Å². The van der Waals surface area contributed by atoms with E-state index in [1.807, 2.05) is 36.4 Å². The van der Waals surface area contributed by atoms with E-state index in [0.717, 1.165) is 46.3 Å². The van der Waals surface area contributed by atoms with Gasteiger partial charge >= 0.3 is 0 Å². The van der Waals surface area contributed by atoms with Crippen molar-refractivity contribution in [2.24, 2.45) is 0 Å². The second-order valence-corrected chi connectivity index (χ2v) is 6.31. The van der Waals surface area contributed by atoms with Gasteiger partial charge in [0.25, 0.3) is 0 Å². The van der Waals surface area contributed by atoms with Gasteiger partial charge in [-0.2, -0.15) is 5.26 Å². The minimum Gasteiger partial charge on any atom is -0.494 e. The molecule has 0 atom stereocenters. The third-order valence-corrected chi connectivity index (χ3v) is 4.58. The molecule has 3 aromatic rings. The smallest absolute Gasteiger partial charge is 0.148 e. The van der Waals surface area contributed by atoms with Gasteiger partial charge in [-0.05, 0) is 42.8 Å². The van der Waals surface area contributed by atoms with Crippen molar-refractivity contribution in [1.29, 1.82) is 5.26 Å². The Morgan fingerprint density at radius 2 is 1.54 bits per heavy atom. The van der Waals surface area contributed by atoms with Crippen LogP contribution in [0, 0.1) is 11.3 Å². The summed E-state index contributed by atoms with van der Waals surface area (Å²) in [6, 6.07) is 17.4. The van der Waals surface area contributed by atoms with Crippen molar-refractivity contribution in [3.8, 4) is 33.0 Å². The Kier molecular flexibility index (Phi) is 5.19. The Morgan fingerprint density at radius 1 is 0.958 bits per heavy atom. The molecule has 0 aliphatic rings. The molecule has 120 valence electrons. The van der Waals surface area contributed by atoms with E-state index in [-0.39, 0.29) is 0 Å². The van der Waals surface area contributed by atoms with Gasteiger partial charge in [-0.1, -0.05) is 36.8 Å². The second kappa shape index (κ2) is 7.71. The predicted molar refractivity (Wildman–Crippen MR) is 95.9 cm³/mol. The Balaban J connectivity index is 1.74. The largest absolute Gasteiger partial charge is 0.494 e. The van der Waals surface area contributed by atoms with Gasteiger partial charge in [0, 0.05) is 11.1 Å². The van der Waals surface area contributed by atoms with Gasteiger partial charge in [0.1, 0.15) is 15.8 Å². The molecule has 5 heteroatoms. The zero-order chi connectivity index (χ0) is 16.8. The average molecular weight is 335 g/mol. The molecule has 1 aromatic heterocycles. The maximum absolute atomic E-state index is 8.86. The fraction of sp³-hybridized carbons (Fsp3) is 0.211. The summed E-state index contributed by atoms with van der Waals surface area (Å²) in [5.41, 5.74) is 2.63. The van der Waals surface area contributed by atoms with Crippen molar-refractivity contribution in [1.82, 2.24) is 10.2 Å². The monoisotopic (exact) mass is 335 g/mol. The van der Waals surface area contributed by atoms with Crippen LogP contribution in [0.1, 0.15) is 25.3 Å². The molecule has 0 amide bonds. The van der Waals surface area contributed by atoms with E-state index in [1.54, 1.807) is 12.1 Å². The summed E-state index contributed by atoms with van der Waals surface area (Å²) in [6.07, 6.45) is 2.19. The normalized spacial score (nSPS) is 10.3. The summed E-state index contributed by atoms with van der Waals surface area (Å²) in [4.78, 5) is 0. The minimum absolute atomic E-state index is 0.641. The molecule has 0 radical (unpaired) electrons. The third kappa shape index (κ3) is 3.79. The van der Waals surface area contributed by atoms with Gasteiger partial charge in [0.15, 0.2) is 0 Å². The van der Waals surface area contributed by atoms with Gasteiger partial charge < -0.3 is 4.74 Å². The molecular weight excluding hydrogens is 318 g/mol. The first-order chi connectivity index (χ1) is 11.8. The highest BCUT2D eigenvalue weighted by atomic mass is 32.1. The van der Waals surface area contributed by atoms with Gasteiger partial charge in [0.2, 0.25) is 0 Å². The summed E-state index contributed by atoms with van der Waals surface area (Å²) >= 11 is 1.53. The number of benzene rings is 2. The summed E-state index contributed by atoms with van der Waals surface area (Å²) in [6.45, 7) is 2.89. The zero-order valence-electron chi connectivity index (χ0n) is 13.4. The molecule has 0 aliphatic heterocycles. The SMILES string of the molecule is CCCCOc1ccc(-c2nnc(-c3ccc(C#N)cc3)s2)cc1. The number of hydrogen-bond acceptors (Lipinski definition) is 5. The first kappa shape index (κ1) is 16.2. The van der Waals surface area contributed by atoms with E-state index in [2.05, 4.69) is 23.2 Å². The van der Waals surface area contributed by atoms with Crippen LogP contribution in [0.2, 0.25) is 0 Å². The van der Waals surface area contributed by atoms with E-state index < -0.39 is 0 Å². The van der Waals surface area contributed by atoms with Crippen LogP contribution in [0.25, 0.3) is 21.1 Å². The van der Waals surface area contributed by atoms with Crippen molar-refractivity contribution >= 4 is 11.3 Å². The summed E-state index contributed by atoms with van der Waals surface area (Å²) in [5.74, 6) is 0.879. The van der Waals surface area contributed by atoms with Gasteiger partial charge in [-0.15, -0.1) is 10.2 Å². The van der Waals surface area contributed by atoms with Crippen LogP contribution in [-0.4, -0.2) is 16.8 Å². The highest BCUT2D eigenvalue weighted by Crippen LogP contribution is 2.30. The number of rotatable bonds is 6. The second-order valence-electron chi connectivity index (χ2n) is 5.33. The number of hydrogen-bond donors (Lipinski definition) is 0. The minimum atomic E-state index is 0.641. The topological polar surface area (TPSA) is 58.8 Å². The van der Waals surface area contributed by atoms with E-state index >= 15 is 0 Å². The maximum atomic E-state index is 8.86. The standard InChI is InChI=1S/C19H17N3OS/c1-2-3-12-23-17-10-8-16(9-11-17)19-22-21-18(24-19)15-6-4-14(13-20)5-7-15/h4-11H,2-3,12H2,1H3. The quantitative estimate of drug-likeness (QED) is 0.600. The molecule has 3 rings (SSSR count). The van der Waals surface area contributed by atoms with E-state index in [4.69, 9.17) is 10.00 Å². The molecule has 0 bridgehead atoms. The first-order valence-electron chi connectivity index (χ1n) is 7.87. The Morgan fingerprint density at radius 3 is 2.08 bits per heavy atom. The molecule has 0 saturated heterocycles. The Labute approximate surface area is 145 Å². The van der Waals surface area contributed by atoms with Crippen LogP contribution < -0.4 is 4.74 Å². The number of aromatic nitrogens is 2. The van der Waals surface area contributed by atoms with Crippen molar-refractivity contribution in [2.45, 2.75) is 19.8 Å². The molecular formula is C19H17N3OS. The van der Waals surface area contributed by atoms with Crippen molar-refractivity contribution in [2.75, 3.05) is 6.61 Å². The molecule has 1 heterocycles. The summed E-state index contributed by atoms with van der Waals surface area (Å²) < 4.78 is 5.67. The molecule has 0 aliphatic carbocycles. The van der Waals surface area contributed by atoms with Crippen molar-refractivity contribution in [3.63, 3.8) is 0 Å². The van der Waals surface area contributed by atoms with Crippen LogP contribution in [-0.2, 0) is 0 Å². The lowest BCUT2D eigenvalue weighted by molar-refractivity contribution is 0.309. The highest BCUT2D eigenvalue weighted by molar-refractivity contribution is 7.17. The number of nitriles is 1. The fourth-order valence-corrected chi connectivity index (χ4v) is 3.03. The Hall–Kier alpha value is -2.71. The molecule has 24 heavy (non-hydrogen) atoms. The number of unbranched alkanes of at least 4 members (excludes halogenated alkanes) is 1. The van der Waals surface area contributed by atoms with Gasteiger partial charge in [-0.25, -0.2) is 0 Å². The lowest BCUT2D eigenvalue weighted by Gasteiger charge is -2.05. The molecule has 0 spiro atoms. The maximum Gasteiger partial charge on any atom is 0.148 e. The fourth-order valence-electron chi connectivity index (χ4n) is 2.17. The molecule has 0 N–H and O–H groups in total. The van der Waals surface area contributed by atoms with Crippen LogP contribution >= 0.6 is 11.3 Å². The highest BCUT2D eigenvalue weighted by Gasteiger charge is 2.09. The lowest BCUT2D eigenvalue weighted by atomic mass is 10.2. The first-order valence-corrected chi connectivity index (χ1v) is 8.69. The molecule has 0 unspecified atom stereocenters. The van der Waals surface area contributed by atoms with Crippen molar-refractivity contribution in [3.05, 3.63) is 54.1 Å². The van der Waals surface area contributed by atoms with Crippen LogP contribution in [0.15, 0.2) is 48.5 Å². The lowest BCUT2D eigenvalue weighted by Crippen LogP contribution is -1.95. The van der Waals surface area contributed by atoms with E-state index in [0.29, 0.717) is 5.56 Å². The molecule has 2 aromatic carbocycles. The van der Waals surface area contributed by atoms with Crippen LogP contribution in [0.5, 0.6) is 5.75 Å². The van der Waals surface area contributed by atoms with Crippen LogP contribution in [0.3, 0.4) is 0 Å². The summed E-state index contributed by atoms with van der Waals surface area (Å²) in [5, 5.41) is 19.1. The van der Waals surface area contributed by atoms with Crippen LogP contribution in [0.4, 0.5) is 0 Å². The predicted octanol–water partition coefficient (Wildman–Crippen LogP) is 4.92. The average Bonchev–Trinajstić information content (AvgIpc) is 3.13. The molecule has 4 nitrogen and oxygen atoms in total. The third-order valence-electron chi connectivity index (χ3n) is 3.55. The zero-order valence-corrected chi connectivity index (χ0v) is 14.2. The Bertz CT molecular complexity index is 832. The van der Waals surface area contributed by atoms with Gasteiger partial charge in [-0.3, -0.25) is 0 Å². The number of ether oxygens (including phenoxy) is 1. The number of nitrogens with zero attached hydrogens (tertiary/aromatic N) is 3. The molecule has 0 saturated carbocycles. The van der Waals surface area contributed by atoms with Gasteiger partial charge in [0.05, 0.1) is 18.2 Å². The summed E-state index contributed by atoms with van der Waals surface area (Å²) in [7, 11) is 0.